The average molecular weight is 340 g/mol. The van der Waals surface area contributed by atoms with Crippen LogP contribution in [0.1, 0.15) is 5.56 Å². The molecule has 0 atom stereocenters. The predicted octanol–water partition coefficient (Wildman–Crippen LogP) is 2.16. The van der Waals surface area contributed by atoms with Gasteiger partial charge in [-0.2, -0.15) is 0 Å². The van der Waals surface area contributed by atoms with Crippen LogP contribution in [0.4, 0.5) is 10.6 Å². The lowest BCUT2D eigenvalue weighted by Crippen LogP contribution is -2.52. The molecule has 25 heavy (non-hydrogen) atoms. The average Bonchev–Trinajstić information content (AvgIpc) is 2.69. The second-order valence-electron chi connectivity index (χ2n) is 5.99. The molecule has 1 fully saturated rings. The van der Waals surface area contributed by atoms with Crippen LogP contribution in [0.15, 0.2) is 48.7 Å². The van der Waals surface area contributed by atoms with Crippen molar-refractivity contribution in [3.05, 3.63) is 54.2 Å². The van der Waals surface area contributed by atoms with Crippen LogP contribution in [0.25, 0.3) is 0 Å². The molecule has 132 valence electrons. The summed E-state index contributed by atoms with van der Waals surface area (Å²) in [5.41, 5.74) is 1.18. The first-order valence-corrected chi connectivity index (χ1v) is 8.58. The Balaban J connectivity index is 1.40. The fourth-order valence-corrected chi connectivity index (χ4v) is 2.90. The van der Waals surface area contributed by atoms with Gasteiger partial charge in [-0.05, 0) is 36.2 Å². The van der Waals surface area contributed by atoms with Gasteiger partial charge in [0.15, 0.2) is 0 Å². The highest BCUT2D eigenvalue weighted by atomic mass is 16.5. The summed E-state index contributed by atoms with van der Waals surface area (Å²) in [4.78, 5) is 20.7. The third-order valence-electron chi connectivity index (χ3n) is 4.39. The molecule has 0 aliphatic carbocycles. The monoisotopic (exact) mass is 340 g/mol. The Morgan fingerprint density at radius 2 is 1.88 bits per heavy atom. The number of piperazine rings is 1. The molecule has 0 bridgehead atoms. The maximum Gasteiger partial charge on any atom is 0.317 e. The smallest absolute Gasteiger partial charge is 0.317 e. The molecule has 2 amide bonds. The van der Waals surface area contributed by atoms with E-state index in [9.17, 15) is 4.79 Å². The molecule has 1 N–H and O–H groups in total. The standard InChI is InChI=1S/C19H24N4O2/c1-25-17-7-5-16(6-8-17)9-11-21-19(24)23-14-12-22(13-15-23)18-4-2-3-10-20-18/h2-8,10H,9,11-15H2,1H3,(H,21,24). The number of aromatic nitrogens is 1. The van der Waals surface area contributed by atoms with E-state index in [1.54, 1.807) is 13.3 Å². The van der Waals surface area contributed by atoms with Crippen molar-refractivity contribution in [3.63, 3.8) is 0 Å². The molecule has 0 spiro atoms. The van der Waals surface area contributed by atoms with Crippen molar-refractivity contribution in [2.75, 3.05) is 44.7 Å². The predicted molar refractivity (Wildman–Crippen MR) is 98.1 cm³/mol. The van der Waals surface area contributed by atoms with Gasteiger partial charge in [-0.3, -0.25) is 0 Å². The minimum atomic E-state index is 0.00850. The third-order valence-corrected chi connectivity index (χ3v) is 4.39. The zero-order valence-electron chi connectivity index (χ0n) is 14.5. The quantitative estimate of drug-likeness (QED) is 0.906. The van der Waals surface area contributed by atoms with Crippen molar-refractivity contribution in [1.82, 2.24) is 15.2 Å². The number of carbonyl (C=O) groups excluding carboxylic acids is 1. The van der Waals surface area contributed by atoms with Crippen LogP contribution >= 0.6 is 0 Å². The van der Waals surface area contributed by atoms with Crippen molar-refractivity contribution in [1.29, 1.82) is 0 Å². The Hall–Kier alpha value is -2.76. The van der Waals surface area contributed by atoms with Crippen LogP contribution in [0.5, 0.6) is 5.75 Å². The van der Waals surface area contributed by atoms with E-state index in [4.69, 9.17) is 4.74 Å². The number of benzene rings is 1. The zero-order valence-corrected chi connectivity index (χ0v) is 14.5. The van der Waals surface area contributed by atoms with Crippen LogP contribution in [-0.4, -0.2) is 55.7 Å². The number of methoxy groups -OCH3 is 1. The number of pyridine rings is 1. The van der Waals surface area contributed by atoms with Gasteiger partial charge >= 0.3 is 6.03 Å². The molecule has 1 aliphatic heterocycles. The van der Waals surface area contributed by atoms with E-state index in [1.165, 1.54) is 5.56 Å². The van der Waals surface area contributed by atoms with Crippen LogP contribution in [0, 0.1) is 0 Å². The number of amides is 2. The number of carbonyl (C=O) groups is 1. The topological polar surface area (TPSA) is 57.7 Å². The van der Waals surface area contributed by atoms with Gasteiger partial charge in [-0.25, -0.2) is 9.78 Å². The van der Waals surface area contributed by atoms with Gasteiger partial charge in [0.1, 0.15) is 11.6 Å². The van der Waals surface area contributed by atoms with E-state index in [0.29, 0.717) is 19.6 Å². The highest BCUT2D eigenvalue weighted by Crippen LogP contribution is 2.13. The largest absolute Gasteiger partial charge is 0.497 e. The summed E-state index contributed by atoms with van der Waals surface area (Å²) < 4.78 is 5.15. The summed E-state index contributed by atoms with van der Waals surface area (Å²) in [5.74, 6) is 1.82. The van der Waals surface area contributed by atoms with Gasteiger partial charge in [0, 0.05) is 38.9 Å². The Kier molecular flexibility index (Phi) is 5.72. The van der Waals surface area contributed by atoms with Crippen LogP contribution in [0.2, 0.25) is 0 Å². The summed E-state index contributed by atoms with van der Waals surface area (Å²) in [6.07, 6.45) is 2.61. The molecule has 2 aromatic rings. The van der Waals surface area contributed by atoms with Crippen molar-refractivity contribution in [3.8, 4) is 5.75 Å². The van der Waals surface area contributed by atoms with Gasteiger partial charge in [0.05, 0.1) is 7.11 Å². The number of urea groups is 1. The molecule has 6 nitrogen and oxygen atoms in total. The molecule has 0 radical (unpaired) electrons. The highest BCUT2D eigenvalue weighted by molar-refractivity contribution is 5.74. The second kappa shape index (κ2) is 8.37. The van der Waals surface area contributed by atoms with E-state index in [1.807, 2.05) is 47.4 Å². The summed E-state index contributed by atoms with van der Waals surface area (Å²) in [6, 6.07) is 13.8. The first kappa shape index (κ1) is 17.1. The maximum absolute atomic E-state index is 12.3. The molecule has 6 heteroatoms. The van der Waals surface area contributed by atoms with Gasteiger partial charge in [-0.1, -0.05) is 18.2 Å². The molecule has 1 saturated heterocycles. The number of nitrogens with zero attached hydrogens (tertiary/aromatic N) is 3. The number of hydrogen-bond donors (Lipinski definition) is 1. The Labute approximate surface area is 148 Å². The van der Waals surface area contributed by atoms with E-state index in [-0.39, 0.29) is 6.03 Å². The number of anilines is 1. The first-order valence-electron chi connectivity index (χ1n) is 8.58. The van der Waals surface area contributed by atoms with Gasteiger partial charge in [0.25, 0.3) is 0 Å². The minimum Gasteiger partial charge on any atom is -0.497 e. The number of ether oxygens (including phenoxy) is 1. The van der Waals surface area contributed by atoms with E-state index in [2.05, 4.69) is 15.2 Å². The molecule has 1 aliphatic rings. The van der Waals surface area contributed by atoms with E-state index >= 15 is 0 Å². The van der Waals surface area contributed by atoms with Crippen LogP contribution < -0.4 is 15.0 Å². The maximum atomic E-state index is 12.3. The molecule has 2 heterocycles. The van der Waals surface area contributed by atoms with Crippen molar-refractivity contribution >= 4 is 11.8 Å². The summed E-state index contributed by atoms with van der Waals surface area (Å²) in [5, 5.41) is 3.01. The summed E-state index contributed by atoms with van der Waals surface area (Å²) >= 11 is 0. The number of rotatable bonds is 5. The van der Waals surface area contributed by atoms with Gasteiger partial charge < -0.3 is 19.9 Å². The highest BCUT2D eigenvalue weighted by Gasteiger charge is 2.21. The van der Waals surface area contributed by atoms with Gasteiger partial charge in [-0.15, -0.1) is 0 Å². The first-order chi connectivity index (χ1) is 12.3. The summed E-state index contributed by atoms with van der Waals surface area (Å²) in [7, 11) is 1.66. The molecular formula is C19H24N4O2. The molecular weight excluding hydrogens is 316 g/mol. The fraction of sp³-hybridized carbons (Fsp3) is 0.368. The fourth-order valence-electron chi connectivity index (χ4n) is 2.90. The van der Waals surface area contributed by atoms with E-state index in [0.717, 1.165) is 31.1 Å². The lowest BCUT2D eigenvalue weighted by atomic mass is 10.1. The van der Waals surface area contributed by atoms with Crippen molar-refractivity contribution < 1.29 is 9.53 Å². The molecule has 0 unspecified atom stereocenters. The second-order valence-corrected chi connectivity index (χ2v) is 5.99. The molecule has 1 aromatic heterocycles. The normalized spacial score (nSPS) is 14.3. The Morgan fingerprint density at radius 1 is 1.12 bits per heavy atom. The van der Waals surface area contributed by atoms with Crippen molar-refractivity contribution in [2.45, 2.75) is 6.42 Å². The lowest BCUT2D eigenvalue weighted by Gasteiger charge is -2.35. The summed E-state index contributed by atoms with van der Waals surface area (Å²) in [6.45, 7) is 3.67. The minimum absolute atomic E-state index is 0.00850. The molecule has 1 aromatic carbocycles. The third kappa shape index (κ3) is 4.62. The SMILES string of the molecule is COc1ccc(CCNC(=O)N2CCN(c3ccccn3)CC2)cc1. The zero-order chi connectivity index (χ0) is 17.5. The van der Waals surface area contributed by atoms with Crippen molar-refractivity contribution in [2.24, 2.45) is 0 Å². The van der Waals surface area contributed by atoms with E-state index < -0.39 is 0 Å². The number of nitrogens with one attached hydrogen (secondary N) is 1. The molecule has 0 saturated carbocycles. The van der Waals surface area contributed by atoms with Crippen LogP contribution in [0.3, 0.4) is 0 Å². The van der Waals surface area contributed by atoms with Crippen LogP contribution in [-0.2, 0) is 6.42 Å². The Morgan fingerprint density at radius 3 is 2.52 bits per heavy atom. The Bertz CT molecular complexity index is 668. The number of hydrogen-bond acceptors (Lipinski definition) is 4. The molecule has 3 rings (SSSR count). The lowest BCUT2D eigenvalue weighted by molar-refractivity contribution is 0.194. The van der Waals surface area contributed by atoms with Gasteiger partial charge in [0.2, 0.25) is 0 Å².